The Bertz CT molecular complexity index is 443. The van der Waals surface area contributed by atoms with Crippen molar-refractivity contribution in [3.63, 3.8) is 0 Å². The van der Waals surface area contributed by atoms with Crippen LogP contribution in [0.1, 0.15) is 18.2 Å². The highest BCUT2D eigenvalue weighted by atomic mass is 32.2. The standard InChI is InChI=1S/C11H20N2O2S3/c1-2-16-9-3-8-13-18(14,15)11-5-4-10(17-11)6-7-12/h4-5,13H,2-3,6-9,12H2,1H3. The zero-order valence-electron chi connectivity index (χ0n) is 10.5. The molecule has 0 amide bonds. The van der Waals surface area contributed by atoms with Crippen molar-refractivity contribution in [1.29, 1.82) is 0 Å². The molecule has 1 rings (SSSR count). The molecule has 0 aromatic carbocycles. The SMILES string of the molecule is CCSCCCNS(=O)(=O)c1ccc(CCN)s1. The molecule has 0 saturated carbocycles. The van der Waals surface area contributed by atoms with Gasteiger partial charge in [-0.3, -0.25) is 0 Å². The summed E-state index contributed by atoms with van der Waals surface area (Å²) in [4.78, 5) is 1.01. The molecule has 1 aromatic rings. The molecule has 4 nitrogen and oxygen atoms in total. The molecule has 0 aliphatic carbocycles. The predicted octanol–water partition coefficient (Wildman–Crippen LogP) is 1.67. The highest BCUT2D eigenvalue weighted by Crippen LogP contribution is 2.21. The molecule has 0 aliphatic heterocycles. The molecule has 0 atom stereocenters. The maximum Gasteiger partial charge on any atom is 0.250 e. The van der Waals surface area contributed by atoms with E-state index in [1.807, 2.05) is 17.8 Å². The van der Waals surface area contributed by atoms with Gasteiger partial charge >= 0.3 is 0 Å². The number of sulfonamides is 1. The third kappa shape index (κ3) is 5.27. The van der Waals surface area contributed by atoms with Gasteiger partial charge in [0.2, 0.25) is 10.0 Å². The van der Waals surface area contributed by atoms with E-state index < -0.39 is 10.0 Å². The lowest BCUT2D eigenvalue weighted by Crippen LogP contribution is -2.24. The van der Waals surface area contributed by atoms with Gasteiger partial charge in [-0.1, -0.05) is 6.92 Å². The van der Waals surface area contributed by atoms with Crippen LogP contribution in [0.3, 0.4) is 0 Å². The largest absolute Gasteiger partial charge is 0.330 e. The maximum absolute atomic E-state index is 11.9. The summed E-state index contributed by atoms with van der Waals surface area (Å²) >= 11 is 3.12. The molecule has 0 fully saturated rings. The fraction of sp³-hybridized carbons (Fsp3) is 0.636. The summed E-state index contributed by atoms with van der Waals surface area (Å²) in [7, 11) is -3.33. The van der Waals surface area contributed by atoms with E-state index >= 15 is 0 Å². The fourth-order valence-electron chi connectivity index (χ4n) is 1.38. The molecule has 18 heavy (non-hydrogen) atoms. The predicted molar refractivity (Wildman–Crippen MR) is 79.9 cm³/mol. The van der Waals surface area contributed by atoms with Gasteiger partial charge in [-0.2, -0.15) is 11.8 Å². The maximum atomic E-state index is 11.9. The number of hydrogen-bond acceptors (Lipinski definition) is 5. The van der Waals surface area contributed by atoms with Crippen LogP contribution in [0.25, 0.3) is 0 Å². The van der Waals surface area contributed by atoms with Gasteiger partial charge in [-0.25, -0.2) is 13.1 Å². The number of nitrogens with two attached hydrogens (primary N) is 1. The van der Waals surface area contributed by atoms with E-state index in [9.17, 15) is 8.42 Å². The van der Waals surface area contributed by atoms with Crippen LogP contribution in [0.15, 0.2) is 16.3 Å². The second-order valence-electron chi connectivity index (χ2n) is 3.71. The van der Waals surface area contributed by atoms with Crippen molar-refractivity contribution in [3.05, 3.63) is 17.0 Å². The molecule has 1 aromatic heterocycles. The van der Waals surface area contributed by atoms with Crippen molar-refractivity contribution < 1.29 is 8.42 Å². The van der Waals surface area contributed by atoms with E-state index in [-0.39, 0.29) is 0 Å². The van der Waals surface area contributed by atoms with Gasteiger partial charge in [0.25, 0.3) is 0 Å². The van der Waals surface area contributed by atoms with Crippen LogP contribution in [-0.4, -0.2) is 33.0 Å². The zero-order valence-corrected chi connectivity index (χ0v) is 13.0. The molecular weight excluding hydrogens is 288 g/mol. The number of nitrogens with one attached hydrogen (secondary N) is 1. The Balaban J connectivity index is 2.46. The minimum Gasteiger partial charge on any atom is -0.330 e. The first kappa shape index (κ1) is 16.0. The Hall–Kier alpha value is -0.0800. The Kier molecular flexibility index (Phi) is 7.25. The Morgan fingerprint density at radius 1 is 1.44 bits per heavy atom. The van der Waals surface area contributed by atoms with Crippen molar-refractivity contribution in [2.45, 2.75) is 24.0 Å². The summed E-state index contributed by atoms with van der Waals surface area (Å²) < 4.78 is 26.9. The normalized spacial score (nSPS) is 11.9. The molecule has 3 N–H and O–H groups in total. The van der Waals surface area contributed by atoms with Gasteiger partial charge in [-0.15, -0.1) is 11.3 Å². The van der Waals surface area contributed by atoms with Gasteiger partial charge in [0.1, 0.15) is 4.21 Å². The van der Waals surface area contributed by atoms with Gasteiger partial charge in [0, 0.05) is 11.4 Å². The van der Waals surface area contributed by atoms with E-state index in [1.54, 1.807) is 6.07 Å². The average molecular weight is 308 g/mol. The molecule has 1 heterocycles. The lowest BCUT2D eigenvalue weighted by Gasteiger charge is -2.04. The van der Waals surface area contributed by atoms with E-state index in [2.05, 4.69) is 11.6 Å². The Morgan fingerprint density at radius 2 is 2.22 bits per heavy atom. The first-order chi connectivity index (χ1) is 8.60. The minimum absolute atomic E-state index is 0.383. The number of thiophene rings is 1. The van der Waals surface area contributed by atoms with Crippen molar-refractivity contribution in [1.82, 2.24) is 4.72 Å². The number of rotatable bonds is 9. The summed E-state index contributed by atoms with van der Waals surface area (Å²) in [6, 6.07) is 3.48. The van der Waals surface area contributed by atoms with Crippen molar-refractivity contribution in [3.8, 4) is 0 Å². The quantitative estimate of drug-likeness (QED) is 0.681. The third-order valence-corrected chi connectivity index (χ3v) is 6.34. The van der Waals surface area contributed by atoms with E-state index in [1.165, 1.54) is 11.3 Å². The van der Waals surface area contributed by atoms with Crippen LogP contribution >= 0.6 is 23.1 Å². The van der Waals surface area contributed by atoms with Crippen LogP contribution < -0.4 is 10.5 Å². The van der Waals surface area contributed by atoms with E-state index in [4.69, 9.17) is 5.73 Å². The van der Waals surface area contributed by atoms with Crippen LogP contribution in [0.2, 0.25) is 0 Å². The van der Waals surface area contributed by atoms with Crippen LogP contribution in [-0.2, 0) is 16.4 Å². The van der Waals surface area contributed by atoms with E-state index in [0.717, 1.165) is 29.2 Å². The Morgan fingerprint density at radius 3 is 2.89 bits per heavy atom. The number of thioether (sulfide) groups is 1. The van der Waals surface area contributed by atoms with Crippen molar-refractivity contribution in [2.24, 2.45) is 5.73 Å². The summed E-state index contributed by atoms with van der Waals surface area (Å²) in [5.41, 5.74) is 5.44. The van der Waals surface area contributed by atoms with Crippen LogP contribution in [0.4, 0.5) is 0 Å². The molecule has 0 aliphatic rings. The first-order valence-corrected chi connectivity index (χ1v) is 9.41. The lowest BCUT2D eigenvalue weighted by molar-refractivity contribution is 0.583. The smallest absolute Gasteiger partial charge is 0.250 e. The second-order valence-corrected chi connectivity index (χ2v) is 8.26. The van der Waals surface area contributed by atoms with Crippen molar-refractivity contribution >= 4 is 33.1 Å². The van der Waals surface area contributed by atoms with Crippen LogP contribution in [0.5, 0.6) is 0 Å². The summed E-state index contributed by atoms with van der Waals surface area (Å²) in [5.74, 6) is 2.06. The lowest BCUT2D eigenvalue weighted by atomic mass is 10.3. The average Bonchev–Trinajstić information content (AvgIpc) is 2.79. The Labute approximate surface area is 117 Å². The second kappa shape index (κ2) is 8.16. The van der Waals surface area contributed by atoms with Gasteiger partial charge in [-0.05, 0) is 43.0 Å². The third-order valence-electron chi connectivity index (χ3n) is 2.25. The monoisotopic (exact) mass is 308 g/mol. The highest BCUT2D eigenvalue weighted by molar-refractivity contribution is 7.99. The molecule has 0 spiro atoms. The molecule has 0 saturated heterocycles. The summed E-state index contributed by atoms with van der Waals surface area (Å²) in [6.45, 7) is 3.14. The highest BCUT2D eigenvalue weighted by Gasteiger charge is 2.15. The molecule has 104 valence electrons. The molecule has 7 heteroatoms. The molecule has 0 bridgehead atoms. The van der Waals surface area contributed by atoms with Gasteiger partial charge in [0.15, 0.2) is 0 Å². The molecule has 0 unspecified atom stereocenters. The molecule has 0 radical (unpaired) electrons. The fourth-order valence-corrected chi connectivity index (χ4v) is 4.50. The van der Waals surface area contributed by atoms with Crippen LogP contribution in [0, 0.1) is 0 Å². The first-order valence-electron chi connectivity index (χ1n) is 5.96. The topological polar surface area (TPSA) is 72.2 Å². The van der Waals surface area contributed by atoms with Gasteiger partial charge in [0.05, 0.1) is 0 Å². The zero-order chi connectivity index (χ0) is 13.4. The summed E-state index contributed by atoms with van der Waals surface area (Å²) in [5, 5.41) is 0. The summed E-state index contributed by atoms with van der Waals surface area (Å²) in [6.07, 6.45) is 1.59. The van der Waals surface area contributed by atoms with E-state index in [0.29, 0.717) is 17.3 Å². The minimum atomic E-state index is -3.33. The van der Waals surface area contributed by atoms with Gasteiger partial charge < -0.3 is 5.73 Å². The number of hydrogen-bond donors (Lipinski definition) is 2. The molecular formula is C11H20N2O2S3. The van der Waals surface area contributed by atoms with Crippen molar-refractivity contribution in [2.75, 3.05) is 24.6 Å².